The normalized spacial score (nSPS) is 13.5. The van der Waals surface area contributed by atoms with Crippen molar-refractivity contribution < 1.29 is 111 Å². The summed E-state index contributed by atoms with van der Waals surface area (Å²) < 4.78 is 56.9. The number of rotatable bonds is 30. The first-order chi connectivity index (χ1) is 52.7. The first kappa shape index (κ1) is 94.7. The highest BCUT2D eigenvalue weighted by atomic mass is 28.3. The van der Waals surface area contributed by atoms with Gasteiger partial charge in [-0.2, -0.15) is 0 Å². The standard InChI is InChI=1S/C39H49NO11Si2.C23H32O9.C20H27NO3Si2.C2H2/c1-24(35(42)47-23-28-14-12-11-13-15-28)48-36(43)25(2)49-37(44)26(3)50-38(45)27(4)51-39(46)30-18-16-29(17-19-30)34(41)40-31-20-32(52(5,6)7)22-33(21-31)53(8,9)10;1-14(19(24)28-13-18-11-9-8-10-12-18)29-20(25)15(2)30-21(26)16(3)31-22(27)17(4)32-23(5,6)7;1-25(2,3)17-11-16(12-18(13-17)26(4,5)6)21-19(22)14-7-9-15(10-8-14)20(23)24;1-2/h11-22,24-27H,23H2,1-10H3,(H,40,41);8-12,14-17H,13H2,1-7H3;7-13H,1-6H3,(H,21,22)(H,23,24);1-2H/t24-,25-,26-,27-;14-,15-,16-,17-;;/m00../s1/i;;;1D. The van der Waals surface area contributed by atoms with Crippen LogP contribution < -0.4 is 31.4 Å². The summed E-state index contributed by atoms with van der Waals surface area (Å²) in [5.41, 5.74) is 3.53. The predicted molar refractivity (Wildman–Crippen MR) is 441 cm³/mol. The largest absolute Gasteiger partial charge is 0.478 e. The summed E-state index contributed by atoms with van der Waals surface area (Å²) in [5, 5.41) is 20.1. The SMILES string of the molecule is C[C@H](OC(=O)[C@H](C)OC(=O)[C@H](C)OC(=O)[C@H](C)OC(C)(C)C)C(=O)OCc1ccccc1.C[C@H](OC(=O)c1ccc(C(=O)Nc2cc([Si](C)(C)C)cc([Si](C)(C)C)c2)cc1)C(=O)O[C@@H](C)C(=O)O[C@@H](C)C(=O)O[C@@H](C)C(=O)OCc1ccccc1.C[Si](C)(C)c1cc(NC(=O)c2ccc(C(=O)O)cc2)cc([Si](C)(C)C)c1.[2H]C#C. The molecule has 0 fully saturated rings. The molecule has 6 aromatic rings. The Kier molecular flexibility index (Phi) is 36.4. The van der Waals surface area contributed by atoms with Gasteiger partial charge in [-0.3, -0.25) is 9.59 Å². The number of ether oxygens (including phenoxy) is 10. The van der Waals surface area contributed by atoms with Crippen LogP contribution >= 0.6 is 0 Å². The second kappa shape index (κ2) is 43.4. The molecule has 3 N–H and O–H groups in total. The minimum Gasteiger partial charge on any atom is -0.478 e. The molecule has 6 aromatic carbocycles. The van der Waals surface area contributed by atoms with Crippen molar-refractivity contribution in [3.05, 3.63) is 179 Å². The molecule has 0 aliphatic heterocycles. The van der Waals surface area contributed by atoms with Crippen molar-refractivity contribution in [2.75, 3.05) is 10.6 Å². The topological polar surface area (TPSA) is 341 Å². The van der Waals surface area contributed by atoms with Gasteiger partial charge in [0, 0.05) is 22.5 Å². The fourth-order valence-corrected chi connectivity index (χ4v) is 14.5. The van der Waals surface area contributed by atoms with Crippen molar-refractivity contribution in [2.45, 2.75) is 222 Å². The Bertz CT molecular complexity index is 4280. The maximum absolute atomic E-state index is 13.1. The average Bonchev–Trinajstić information content (AvgIpc) is 0.807. The van der Waals surface area contributed by atoms with Crippen LogP contribution in [0.15, 0.2) is 146 Å². The number of hydrogen-bond acceptors (Lipinski definition) is 22. The number of aromatic carboxylic acids is 1. The lowest BCUT2D eigenvalue weighted by molar-refractivity contribution is -0.186. The third-order valence-corrected chi connectivity index (χ3v) is 24.4. The number of esters is 9. The van der Waals surface area contributed by atoms with Crippen molar-refractivity contribution in [3.8, 4) is 12.8 Å². The number of carboxylic acids is 1. The summed E-state index contributed by atoms with van der Waals surface area (Å²) in [6.45, 7) is 43.2. The highest BCUT2D eigenvalue weighted by molar-refractivity contribution is 6.92. The quantitative estimate of drug-likeness (QED) is 0.0163. The van der Waals surface area contributed by atoms with E-state index in [1.807, 2.05) is 24.3 Å². The molecular formula is C84H110N2O23Si4. The zero-order valence-corrected chi connectivity index (χ0v) is 72.9. The van der Waals surface area contributed by atoms with Crippen LogP contribution in [0.5, 0.6) is 0 Å². The summed E-state index contributed by atoms with van der Waals surface area (Å²) in [4.78, 5) is 148. The second-order valence-corrected chi connectivity index (χ2v) is 51.9. The fourth-order valence-electron chi connectivity index (χ4n) is 9.52. The average molecular weight is 1630 g/mol. The van der Waals surface area contributed by atoms with Crippen molar-refractivity contribution in [1.29, 1.82) is 0 Å². The van der Waals surface area contributed by atoms with Gasteiger partial charge in [0.25, 0.3) is 11.8 Å². The number of benzene rings is 6. The Labute approximate surface area is 668 Å². The first-order valence-electron chi connectivity index (χ1n) is 37.0. The molecule has 0 aromatic heterocycles. The van der Waals surface area contributed by atoms with Gasteiger partial charge in [-0.25, -0.2) is 47.9 Å². The number of nitrogens with one attached hydrogen (secondary N) is 2. The number of hydrogen-bond donors (Lipinski definition) is 3. The van der Waals surface area contributed by atoms with Crippen molar-refractivity contribution in [3.63, 3.8) is 0 Å². The van der Waals surface area contributed by atoms with Gasteiger partial charge in [-0.05, 0) is 160 Å². The lowest BCUT2D eigenvalue weighted by Crippen LogP contribution is -2.45. The lowest BCUT2D eigenvalue weighted by Gasteiger charge is -2.25. The van der Waals surface area contributed by atoms with Gasteiger partial charge >= 0.3 is 59.7 Å². The molecule has 0 bridgehead atoms. The zero-order valence-electron chi connectivity index (χ0n) is 69.9. The molecule has 113 heavy (non-hydrogen) atoms. The van der Waals surface area contributed by atoms with Gasteiger partial charge in [0.15, 0.2) is 48.8 Å². The molecule has 0 heterocycles. The maximum atomic E-state index is 13.1. The molecule has 610 valence electrons. The fraction of sp³-hybridized carbons (Fsp3) is 0.405. The number of terminal acetylenes is 1. The molecule has 0 saturated carbocycles. The number of carboxylic acid groups (broad SMARTS) is 1. The Morgan fingerprint density at radius 2 is 0.602 bits per heavy atom. The van der Waals surface area contributed by atoms with Crippen LogP contribution in [0.4, 0.5) is 11.4 Å². The van der Waals surface area contributed by atoms with E-state index in [9.17, 15) is 57.5 Å². The van der Waals surface area contributed by atoms with Gasteiger partial charge < -0.3 is 63.1 Å². The van der Waals surface area contributed by atoms with Gasteiger partial charge in [0.05, 0.1) is 49.0 Å². The molecular weight excluding hydrogens is 1520 g/mol. The highest BCUT2D eigenvalue weighted by Crippen LogP contribution is 2.20. The molecule has 29 heteroatoms. The van der Waals surface area contributed by atoms with Crippen molar-refractivity contribution >= 4 is 136 Å². The Morgan fingerprint density at radius 1 is 0.363 bits per heavy atom. The summed E-state index contributed by atoms with van der Waals surface area (Å²) >= 11 is 0. The van der Waals surface area contributed by atoms with E-state index < -0.39 is 146 Å². The molecule has 0 saturated heterocycles. The third kappa shape index (κ3) is 33.7. The third-order valence-electron chi connectivity index (χ3n) is 16.3. The summed E-state index contributed by atoms with van der Waals surface area (Å²) in [7, 11) is -6.35. The minimum absolute atomic E-state index is 0.0117. The van der Waals surface area contributed by atoms with Crippen LogP contribution in [0.2, 0.25) is 78.6 Å². The van der Waals surface area contributed by atoms with E-state index in [-0.39, 0.29) is 36.2 Å². The Hall–Kier alpha value is -10.7. The van der Waals surface area contributed by atoms with E-state index in [2.05, 4.69) is 120 Å². The van der Waals surface area contributed by atoms with E-state index in [0.717, 1.165) is 22.5 Å². The summed E-state index contributed by atoms with van der Waals surface area (Å²) in [6, 6.07) is 42.5. The van der Waals surface area contributed by atoms with Crippen LogP contribution in [0.1, 0.15) is 130 Å². The van der Waals surface area contributed by atoms with Crippen LogP contribution in [-0.4, -0.2) is 163 Å². The number of carbonyl (C=O) groups excluding carboxylic acids is 11. The van der Waals surface area contributed by atoms with Gasteiger partial charge in [-0.15, -0.1) is 12.8 Å². The smallest absolute Gasteiger partial charge is 0.348 e. The number of carbonyl (C=O) groups is 12. The monoisotopic (exact) mass is 1630 g/mol. The van der Waals surface area contributed by atoms with Crippen molar-refractivity contribution in [2.24, 2.45) is 0 Å². The van der Waals surface area contributed by atoms with Gasteiger partial charge in [0.1, 0.15) is 14.6 Å². The lowest BCUT2D eigenvalue weighted by atomic mass is 10.1. The van der Waals surface area contributed by atoms with Crippen LogP contribution in [0.25, 0.3) is 0 Å². The van der Waals surface area contributed by atoms with Gasteiger partial charge in [-0.1, -0.05) is 172 Å². The maximum Gasteiger partial charge on any atom is 0.348 e. The molecule has 0 spiro atoms. The van der Waals surface area contributed by atoms with E-state index in [1.165, 1.54) is 119 Å². The van der Waals surface area contributed by atoms with Crippen molar-refractivity contribution in [1.82, 2.24) is 0 Å². The minimum atomic E-state index is -1.66. The zero-order chi connectivity index (χ0) is 86.6. The molecule has 2 amide bonds. The van der Waals surface area contributed by atoms with Crippen LogP contribution in [0.3, 0.4) is 0 Å². The molecule has 0 radical (unpaired) electrons. The molecule has 8 atom stereocenters. The molecule has 0 aliphatic rings. The Morgan fingerprint density at radius 3 is 0.858 bits per heavy atom. The van der Waals surface area contributed by atoms with E-state index >= 15 is 0 Å². The summed E-state index contributed by atoms with van der Waals surface area (Å²) in [6.07, 6.45) is -4.51. The molecule has 0 aliphatic carbocycles. The molecule has 6 rings (SSSR count). The number of amides is 2. The van der Waals surface area contributed by atoms with E-state index in [4.69, 9.17) is 53.8 Å². The van der Waals surface area contributed by atoms with Gasteiger partial charge in [0.2, 0.25) is 0 Å². The highest BCUT2D eigenvalue weighted by Gasteiger charge is 2.34. The summed E-state index contributed by atoms with van der Waals surface area (Å²) in [5.74, 6) is -9.69. The molecule has 25 nitrogen and oxygen atoms in total. The van der Waals surface area contributed by atoms with E-state index in [1.54, 1.807) is 81.4 Å². The number of anilines is 2. The van der Waals surface area contributed by atoms with Crippen LogP contribution in [0, 0.1) is 12.8 Å². The second-order valence-electron chi connectivity index (χ2n) is 31.5. The van der Waals surface area contributed by atoms with E-state index in [0.29, 0.717) is 11.1 Å². The Balaban J connectivity index is 0.000000469. The van der Waals surface area contributed by atoms with Crippen LogP contribution in [-0.2, 0) is 98.9 Å². The predicted octanol–water partition coefficient (Wildman–Crippen LogP) is 11.8. The first-order valence-corrected chi connectivity index (χ1v) is 50.5. The molecule has 0 unspecified atom stereocenters.